The van der Waals surface area contributed by atoms with Gasteiger partial charge in [0.05, 0.1) is 11.8 Å². The Morgan fingerprint density at radius 3 is 2.58 bits per heavy atom. The van der Waals surface area contributed by atoms with E-state index in [-0.39, 0.29) is 11.4 Å². The molecule has 9 heteroatoms. The van der Waals surface area contributed by atoms with E-state index in [1.165, 1.54) is 6.07 Å². The second-order valence-corrected chi connectivity index (χ2v) is 8.42. The number of hydrogen-bond donors (Lipinski definition) is 1. The molecule has 0 fully saturated rings. The lowest BCUT2D eigenvalue weighted by atomic mass is 10.1. The van der Waals surface area contributed by atoms with Gasteiger partial charge in [0.2, 0.25) is 15.0 Å². The molecular weight excluding hydrogens is 356 g/mol. The smallest absolute Gasteiger partial charge is 0.338 e. The van der Waals surface area contributed by atoms with Crippen molar-refractivity contribution in [3.05, 3.63) is 41.6 Å². The van der Waals surface area contributed by atoms with Gasteiger partial charge >= 0.3 is 5.97 Å². The van der Waals surface area contributed by atoms with Gasteiger partial charge in [-0.25, -0.2) is 18.2 Å². The second kappa shape index (κ2) is 7.09. The van der Waals surface area contributed by atoms with Crippen molar-refractivity contribution in [3.63, 3.8) is 0 Å². The summed E-state index contributed by atoms with van der Waals surface area (Å²) < 4.78 is 28.5. The summed E-state index contributed by atoms with van der Waals surface area (Å²) in [5, 5.41) is 11.6. The van der Waals surface area contributed by atoms with Crippen molar-refractivity contribution >= 4 is 27.3 Å². The van der Waals surface area contributed by atoms with Gasteiger partial charge in [-0.2, -0.15) is 10.2 Å². The molecule has 0 saturated heterocycles. The van der Waals surface area contributed by atoms with E-state index in [1.54, 1.807) is 39.0 Å². The molecule has 0 aliphatic heterocycles. The summed E-state index contributed by atoms with van der Waals surface area (Å²) in [6, 6.07) is 8.29. The maximum Gasteiger partial charge on any atom is 0.338 e. The van der Waals surface area contributed by atoms with Crippen molar-refractivity contribution in [1.82, 2.24) is 9.97 Å². The molecule has 0 atom stereocenters. The first-order valence-electron chi connectivity index (χ1n) is 7.57. The summed E-state index contributed by atoms with van der Waals surface area (Å²) in [4.78, 5) is 19.7. The molecule has 0 amide bonds. The number of nitrogens with zero attached hydrogens (tertiary/aromatic N) is 3. The van der Waals surface area contributed by atoms with Crippen molar-refractivity contribution in [2.75, 3.05) is 11.6 Å². The van der Waals surface area contributed by atoms with Gasteiger partial charge in [0.15, 0.2) is 5.82 Å². The summed E-state index contributed by atoms with van der Waals surface area (Å²) in [5.41, 5.74) is 0.190. The van der Waals surface area contributed by atoms with Crippen LogP contribution in [-0.4, -0.2) is 36.2 Å². The SMILES string of the molecule is CC(C)(C)OC(=O)c1cccc(Nc2nc(S(C)(=O)=O)ncc2C#N)c1. The first-order valence-corrected chi connectivity index (χ1v) is 9.46. The van der Waals surface area contributed by atoms with E-state index >= 15 is 0 Å². The van der Waals surface area contributed by atoms with E-state index in [1.807, 2.05) is 6.07 Å². The fourth-order valence-electron chi connectivity index (χ4n) is 1.92. The number of nitrogens with one attached hydrogen (secondary N) is 1. The van der Waals surface area contributed by atoms with Crippen LogP contribution < -0.4 is 5.32 Å². The van der Waals surface area contributed by atoms with Crippen LogP contribution in [0.25, 0.3) is 0 Å². The van der Waals surface area contributed by atoms with E-state index in [2.05, 4.69) is 15.3 Å². The molecule has 2 rings (SSSR count). The molecule has 1 aromatic heterocycles. The minimum atomic E-state index is -3.63. The molecule has 0 aliphatic rings. The second-order valence-electron chi connectivity index (χ2n) is 6.51. The Balaban J connectivity index is 2.36. The number of sulfone groups is 1. The summed E-state index contributed by atoms with van der Waals surface area (Å²) >= 11 is 0. The zero-order valence-electron chi connectivity index (χ0n) is 14.8. The van der Waals surface area contributed by atoms with Crippen LogP contribution in [0.5, 0.6) is 0 Å². The first kappa shape index (κ1) is 19.3. The van der Waals surface area contributed by atoms with Crippen molar-refractivity contribution in [2.24, 2.45) is 0 Å². The number of hydrogen-bond acceptors (Lipinski definition) is 8. The van der Waals surface area contributed by atoms with E-state index in [9.17, 15) is 13.2 Å². The van der Waals surface area contributed by atoms with Crippen LogP contribution in [0.3, 0.4) is 0 Å². The number of aromatic nitrogens is 2. The summed E-state index contributed by atoms with van der Waals surface area (Å²) in [5.74, 6) is -0.467. The minimum absolute atomic E-state index is 0.0317. The molecule has 0 unspecified atom stereocenters. The molecule has 1 aromatic carbocycles. The third kappa shape index (κ3) is 5.00. The number of nitriles is 1. The number of carbonyl (C=O) groups excluding carboxylic acids is 1. The van der Waals surface area contributed by atoms with Crippen LogP contribution in [-0.2, 0) is 14.6 Å². The predicted octanol–water partition coefficient (Wildman–Crippen LogP) is 2.45. The number of esters is 1. The highest BCUT2D eigenvalue weighted by Crippen LogP contribution is 2.21. The normalized spacial score (nSPS) is 11.5. The Kier molecular flexibility index (Phi) is 5.28. The number of carbonyl (C=O) groups is 1. The largest absolute Gasteiger partial charge is 0.456 e. The maximum absolute atomic E-state index is 12.2. The van der Waals surface area contributed by atoms with Gasteiger partial charge < -0.3 is 10.1 Å². The highest BCUT2D eigenvalue weighted by molar-refractivity contribution is 7.90. The van der Waals surface area contributed by atoms with Gasteiger partial charge in [-0.3, -0.25) is 0 Å². The van der Waals surface area contributed by atoms with Crippen molar-refractivity contribution in [3.8, 4) is 6.07 Å². The Labute approximate surface area is 151 Å². The highest BCUT2D eigenvalue weighted by Gasteiger charge is 2.19. The molecule has 26 heavy (non-hydrogen) atoms. The monoisotopic (exact) mass is 374 g/mol. The van der Waals surface area contributed by atoms with Crippen LogP contribution in [0, 0.1) is 11.3 Å². The predicted molar refractivity (Wildman–Crippen MR) is 94.8 cm³/mol. The fourth-order valence-corrected chi connectivity index (χ4v) is 2.42. The van der Waals surface area contributed by atoms with Gasteiger partial charge in [-0.15, -0.1) is 0 Å². The molecule has 8 nitrogen and oxygen atoms in total. The van der Waals surface area contributed by atoms with Gasteiger partial charge in [0, 0.05) is 11.9 Å². The maximum atomic E-state index is 12.2. The average molecular weight is 374 g/mol. The zero-order valence-corrected chi connectivity index (χ0v) is 15.6. The third-order valence-electron chi connectivity index (χ3n) is 2.98. The summed E-state index contributed by atoms with van der Waals surface area (Å²) in [6.07, 6.45) is 2.10. The molecule has 0 bridgehead atoms. The Morgan fingerprint density at radius 1 is 1.31 bits per heavy atom. The summed E-state index contributed by atoms with van der Waals surface area (Å²) in [6.45, 7) is 5.29. The van der Waals surface area contributed by atoms with Crippen LogP contribution in [0.2, 0.25) is 0 Å². The van der Waals surface area contributed by atoms with E-state index in [0.29, 0.717) is 11.3 Å². The number of benzene rings is 1. The van der Waals surface area contributed by atoms with Gasteiger partial charge in [0.1, 0.15) is 17.2 Å². The van der Waals surface area contributed by atoms with E-state index < -0.39 is 26.6 Å². The lowest BCUT2D eigenvalue weighted by Crippen LogP contribution is -2.23. The number of ether oxygens (including phenoxy) is 1. The molecule has 0 spiro atoms. The zero-order chi connectivity index (χ0) is 19.5. The van der Waals surface area contributed by atoms with Crippen molar-refractivity contribution < 1.29 is 17.9 Å². The lowest BCUT2D eigenvalue weighted by Gasteiger charge is -2.19. The van der Waals surface area contributed by atoms with Crippen molar-refractivity contribution in [2.45, 2.75) is 31.5 Å². The first-order chi connectivity index (χ1) is 12.0. The molecule has 2 aromatic rings. The van der Waals surface area contributed by atoms with E-state index in [0.717, 1.165) is 12.5 Å². The standard InChI is InChI=1S/C17H18N4O4S/c1-17(2,3)25-15(22)11-6-5-7-13(8-11)20-14-12(9-18)10-19-16(21-14)26(4,23)24/h5-8,10H,1-4H3,(H,19,20,21). The number of anilines is 2. The van der Waals surface area contributed by atoms with Crippen LogP contribution in [0.15, 0.2) is 35.6 Å². The molecular formula is C17H18N4O4S. The van der Waals surface area contributed by atoms with Crippen molar-refractivity contribution in [1.29, 1.82) is 5.26 Å². The summed E-state index contributed by atoms with van der Waals surface area (Å²) in [7, 11) is -3.63. The quantitative estimate of drug-likeness (QED) is 0.639. The molecule has 1 heterocycles. The molecule has 0 radical (unpaired) electrons. The molecule has 0 aliphatic carbocycles. The Hall–Kier alpha value is -2.99. The molecule has 1 N–H and O–H groups in total. The Bertz CT molecular complexity index is 989. The lowest BCUT2D eigenvalue weighted by molar-refractivity contribution is 0.00695. The third-order valence-corrected chi connectivity index (χ3v) is 3.84. The molecule has 136 valence electrons. The van der Waals surface area contributed by atoms with Crippen LogP contribution in [0.4, 0.5) is 11.5 Å². The number of rotatable bonds is 4. The van der Waals surface area contributed by atoms with E-state index in [4.69, 9.17) is 10.00 Å². The Morgan fingerprint density at radius 2 is 2.00 bits per heavy atom. The average Bonchev–Trinajstić information content (AvgIpc) is 2.52. The highest BCUT2D eigenvalue weighted by atomic mass is 32.2. The topological polar surface area (TPSA) is 122 Å². The molecule has 0 saturated carbocycles. The van der Waals surface area contributed by atoms with Gasteiger partial charge in [0.25, 0.3) is 0 Å². The van der Waals surface area contributed by atoms with Crippen LogP contribution >= 0.6 is 0 Å². The fraction of sp³-hybridized carbons (Fsp3) is 0.294. The van der Waals surface area contributed by atoms with Gasteiger partial charge in [-0.05, 0) is 39.0 Å². The minimum Gasteiger partial charge on any atom is -0.456 e. The van der Waals surface area contributed by atoms with Gasteiger partial charge in [-0.1, -0.05) is 6.07 Å². The van der Waals surface area contributed by atoms with Crippen LogP contribution in [0.1, 0.15) is 36.7 Å².